The van der Waals surface area contributed by atoms with Crippen molar-refractivity contribution in [2.24, 2.45) is 0 Å². The second kappa shape index (κ2) is 10.3. The minimum atomic E-state index is -0.483. The largest absolute Gasteiger partial charge is 0.497 e. The number of nitrogens with zero attached hydrogens (tertiary/aromatic N) is 2. The van der Waals surface area contributed by atoms with Gasteiger partial charge in [0.15, 0.2) is 0 Å². The molecule has 1 aliphatic rings. The third-order valence-electron chi connectivity index (χ3n) is 5.18. The van der Waals surface area contributed by atoms with Gasteiger partial charge in [0, 0.05) is 38.4 Å². The number of methoxy groups -OCH3 is 1. The summed E-state index contributed by atoms with van der Waals surface area (Å²) >= 11 is 0. The number of aliphatic hydroxyl groups is 1. The van der Waals surface area contributed by atoms with Crippen LogP contribution in [0.15, 0.2) is 48.5 Å². The van der Waals surface area contributed by atoms with E-state index in [0.717, 1.165) is 50.5 Å². The van der Waals surface area contributed by atoms with Crippen LogP contribution < -0.4 is 14.4 Å². The highest BCUT2D eigenvalue weighted by Crippen LogP contribution is 2.20. The molecule has 5 heteroatoms. The summed E-state index contributed by atoms with van der Waals surface area (Å²) in [5, 5.41) is 10.3. The average molecular weight is 385 g/mol. The summed E-state index contributed by atoms with van der Waals surface area (Å²) in [5.41, 5.74) is 2.54. The molecule has 1 N–H and O–H groups in total. The van der Waals surface area contributed by atoms with Crippen molar-refractivity contribution < 1.29 is 14.6 Å². The van der Waals surface area contributed by atoms with Crippen molar-refractivity contribution in [2.75, 3.05) is 51.3 Å². The predicted octanol–water partition coefficient (Wildman–Crippen LogP) is 3.21. The molecule has 5 nitrogen and oxygen atoms in total. The van der Waals surface area contributed by atoms with Crippen molar-refractivity contribution >= 4 is 5.69 Å². The van der Waals surface area contributed by atoms with Crippen LogP contribution in [0.1, 0.15) is 18.9 Å². The van der Waals surface area contributed by atoms with Crippen LogP contribution in [0.3, 0.4) is 0 Å². The van der Waals surface area contributed by atoms with Crippen LogP contribution in [0.25, 0.3) is 0 Å². The third-order valence-corrected chi connectivity index (χ3v) is 5.18. The Balaban J connectivity index is 1.38. The van der Waals surface area contributed by atoms with E-state index in [1.165, 1.54) is 11.3 Å². The molecule has 2 aromatic rings. The number of benzene rings is 2. The number of piperazine rings is 1. The van der Waals surface area contributed by atoms with Crippen molar-refractivity contribution in [2.45, 2.75) is 25.9 Å². The van der Waals surface area contributed by atoms with E-state index in [4.69, 9.17) is 9.47 Å². The number of β-amino-alcohol motifs (C(OH)–C–C–N with tert-alkyl or cyclic N) is 1. The first kappa shape index (κ1) is 20.5. The second-order valence-corrected chi connectivity index (χ2v) is 7.34. The molecule has 1 aliphatic heterocycles. The normalized spacial score (nSPS) is 16.0. The zero-order valence-electron chi connectivity index (χ0n) is 17.0. The molecule has 1 unspecified atom stereocenters. The van der Waals surface area contributed by atoms with Gasteiger partial charge in [-0.25, -0.2) is 0 Å². The molecular weight excluding hydrogens is 352 g/mol. The molecule has 0 amide bonds. The van der Waals surface area contributed by atoms with E-state index in [1.54, 1.807) is 7.11 Å². The van der Waals surface area contributed by atoms with Crippen LogP contribution >= 0.6 is 0 Å². The molecule has 0 aromatic heterocycles. The van der Waals surface area contributed by atoms with E-state index in [0.29, 0.717) is 13.2 Å². The Labute approximate surface area is 168 Å². The highest BCUT2D eigenvalue weighted by Gasteiger charge is 2.19. The molecule has 0 aliphatic carbocycles. The van der Waals surface area contributed by atoms with E-state index in [-0.39, 0.29) is 0 Å². The summed E-state index contributed by atoms with van der Waals surface area (Å²) in [6.07, 6.45) is 1.75. The Morgan fingerprint density at radius 3 is 2.18 bits per heavy atom. The van der Waals surface area contributed by atoms with Crippen LogP contribution in [0.4, 0.5) is 5.69 Å². The smallest absolute Gasteiger partial charge is 0.119 e. The zero-order valence-corrected chi connectivity index (χ0v) is 17.0. The van der Waals surface area contributed by atoms with Crippen molar-refractivity contribution in [1.82, 2.24) is 4.90 Å². The van der Waals surface area contributed by atoms with Crippen LogP contribution in [-0.4, -0.2) is 62.6 Å². The molecule has 3 rings (SSSR count). The first-order chi connectivity index (χ1) is 13.7. The third kappa shape index (κ3) is 5.88. The lowest BCUT2D eigenvalue weighted by Gasteiger charge is -2.36. The topological polar surface area (TPSA) is 45.2 Å². The minimum absolute atomic E-state index is 0.325. The molecule has 0 spiro atoms. The zero-order chi connectivity index (χ0) is 19.8. The van der Waals surface area contributed by atoms with Gasteiger partial charge in [0.2, 0.25) is 0 Å². The molecule has 0 bridgehead atoms. The number of ether oxygens (including phenoxy) is 2. The Morgan fingerprint density at radius 1 is 0.929 bits per heavy atom. The molecule has 1 atom stereocenters. The molecule has 0 radical (unpaired) electrons. The molecule has 1 heterocycles. The van der Waals surface area contributed by atoms with Crippen LogP contribution in [0, 0.1) is 0 Å². The van der Waals surface area contributed by atoms with Gasteiger partial charge in [-0.15, -0.1) is 0 Å². The van der Waals surface area contributed by atoms with Gasteiger partial charge in [0.25, 0.3) is 0 Å². The van der Waals surface area contributed by atoms with Crippen molar-refractivity contribution in [1.29, 1.82) is 0 Å². The minimum Gasteiger partial charge on any atom is -0.497 e. The van der Waals surface area contributed by atoms with E-state index in [1.807, 2.05) is 24.3 Å². The maximum atomic E-state index is 10.3. The summed E-state index contributed by atoms with van der Waals surface area (Å²) in [7, 11) is 1.68. The van der Waals surface area contributed by atoms with Gasteiger partial charge in [0.05, 0.1) is 7.11 Å². The monoisotopic (exact) mass is 384 g/mol. The highest BCUT2D eigenvalue weighted by atomic mass is 16.5. The Bertz CT molecular complexity index is 695. The fourth-order valence-corrected chi connectivity index (χ4v) is 3.57. The van der Waals surface area contributed by atoms with Gasteiger partial charge in [-0.3, -0.25) is 4.90 Å². The Hall–Kier alpha value is -2.24. The number of rotatable bonds is 9. The lowest BCUT2D eigenvalue weighted by Crippen LogP contribution is -2.49. The number of aliphatic hydroxyl groups excluding tert-OH is 1. The van der Waals surface area contributed by atoms with Gasteiger partial charge >= 0.3 is 0 Å². The fraction of sp³-hybridized carbons (Fsp3) is 0.478. The van der Waals surface area contributed by atoms with Gasteiger partial charge in [-0.2, -0.15) is 0 Å². The first-order valence-corrected chi connectivity index (χ1v) is 10.2. The van der Waals surface area contributed by atoms with Crippen LogP contribution in [0.5, 0.6) is 11.5 Å². The summed E-state index contributed by atoms with van der Waals surface area (Å²) in [6, 6.07) is 16.4. The molecule has 1 fully saturated rings. The highest BCUT2D eigenvalue weighted by molar-refractivity contribution is 5.49. The molecule has 0 saturated carbocycles. The number of hydrogen-bond donors (Lipinski definition) is 1. The van der Waals surface area contributed by atoms with Gasteiger partial charge in [0.1, 0.15) is 24.2 Å². The van der Waals surface area contributed by atoms with E-state index in [9.17, 15) is 5.11 Å². The van der Waals surface area contributed by atoms with Gasteiger partial charge < -0.3 is 19.5 Å². The SMILES string of the molecule is CCCc1ccc(OCC(O)CN2CCN(c3ccc(OC)cc3)CC2)cc1. The second-order valence-electron chi connectivity index (χ2n) is 7.34. The number of hydrogen-bond acceptors (Lipinski definition) is 5. The average Bonchev–Trinajstić information content (AvgIpc) is 2.74. The fourth-order valence-electron chi connectivity index (χ4n) is 3.57. The maximum Gasteiger partial charge on any atom is 0.119 e. The van der Waals surface area contributed by atoms with Crippen LogP contribution in [0.2, 0.25) is 0 Å². The van der Waals surface area contributed by atoms with Crippen molar-refractivity contribution in [3.8, 4) is 11.5 Å². The standard InChI is InChI=1S/C23H32N2O3/c1-3-4-19-5-9-23(10-6-19)28-18-21(26)17-24-13-15-25(16-14-24)20-7-11-22(27-2)12-8-20/h5-12,21,26H,3-4,13-18H2,1-2H3. The lowest BCUT2D eigenvalue weighted by molar-refractivity contribution is 0.0663. The first-order valence-electron chi connectivity index (χ1n) is 10.2. The Kier molecular flexibility index (Phi) is 7.57. The number of anilines is 1. The molecule has 1 saturated heterocycles. The van der Waals surface area contributed by atoms with Crippen molar-refractivity contribution in [3.63, 3.8) is 0 Å². The van der Waals surface area contributed by atoms with Gasteiger partial charge in [-0.1, -0.05) is 25.5 Å². The summed E-state index contributed by atoms with van der Waals surface area (Å²) < 4.78 is 11.0. The molecule has 152 valence electrons. The maximum absolute atomic E-state index is 10.3. The van der Waals surface area contributed by atoms with Crippen LogP contribution in [-0.2, 0) is 6.42 Å². The quantitative estimate of drug-likeness (QED) is 0.719. The lowest BCUT2D eigenvalue weighted by atomic mass is 10.1. The predicted molar refractivity (Wildman–Crippen MR) is 114 cm³/mol. The Morgan fingerprint density at radius 2 is 1.57 bits per heavy atom. The van der Waals surface area contributed by atoms with Crippen molar-refractivity contribution in [3.05, 3.63) is 54.1 Å². The molecule has 2 aromatic carbocycles. The summed E-state index contributed by atoms with van der Waals surface area (Å²) in [5.74, 6) is 1.70. The van der Waals surface area contributed by atoms with E-state index < -0.39 is 6.10 Å². The van der Waals surface area contributed by atoms with E-state index in [2.05, 4.69) is 41.0 Å². The number of aryl methyl sites for hydroxylation is 1. The molecular formula is C23H32N2O3. The van der Waals surface area contributed by atoms with Gasteiger partial charge in [-0.05, 0) is 48.4 Å². The van der Waals surface area contributed by atoms with E-state index >= 15 is 0 Å². The summed E-state index contributed by atoms with van der Waals surface area (Å²) in [6.45, 7) is 6.94. The summed E-state index contributed by atoms with van der Waals surface area (Å²) in [4.78, 5) is 4.68. The molecule has 28 heavy (non-hydrogen) atoms.